The number of amides is 3. The minimum absolute atomic E-state index is 0.363. The van der Waals surface area contributed by atoms with Crippen molar-refractivity contribution in [1.29, 1.82) is 0 Å². The van der Waals surface area contributed by atoms with E-state index in [-0.39, 0.29) is 0 Å². The van der Waals surface area contributed by atoms with E-state index in [1.54, 1.807) is 6.92 Å². The SMILES string of the molecule is CCCCOC(=O)C(C)NC1NNC(=O)NC1=O. The monoisotopic (exact) mass is 258 g/mol. The highest BCUT2D eigenvalue weighted by atomic mass is 16.5. The molecule has 2 atom stereocenters. The van der Waals surface area contributed by atoms with Crippen molar-refractivity contribution in [1.82, 2.24) is 21.5 Å². The molecule has 1 aliphatic rings. The van der Waals surface area contributed by atoms with Gasteiger partial charge in [0.15, 0.2) is 6.17 Å². The summed E-state index contributed by atoms with van der Waals surface area (Å²) in [4.78, 5) is 33.7. The van der Waals surface area contributed by atoms with Gasteiger partial charge in [0.1, 0.15) is 6.04 Å². The van der Waals surface area contributed by atoms with E-state index in [1.807, 2.05) is 6.92 Å². The van der Waals surface area contributed by atoms with Gasteiger partial charge in [0.05, 0.1) is 6.61 Å². The quantitative estimate of drug-likeness (QED) is 0.358. The topological polar surface area (TPSA) is 109 Å². The van der Waals surface area contributed by atoms with Gasteiger partial charge in [0.2, 0.25) is 0 Å². The van der Waals surface area contributed by atoms with Crippen molar-refractivity contribution in [2.45, 2.75) is 38.9 Å². The lowest BCUT2D eigenvalue weighted by Crippen LogP contribution is -2.68. The number of hydrogen-bond acceptors (Lipinski definition) is 6. The summed E-state index contributed by atoms with van der Waals surface area (Å²) in [5.74, 6) is -0.984. The molecule has 1 heterocycles. The Morgan fingerprint density at radius 3 is 2.83 bits per heavy atom. The maximum absolute atomic E-state index is 11.5. The third-order valence-corrected chi connectivity index (χ3v) is 2.34. The van der Waals surface area contributed by atoms with Gasteiger partial charge in [-0.2, -0.15) is 0 Å². The molecule has 0 aromatic heterocycles. The van der Waals surface area contributed by atoms with Crippen LogP contribution in [0, 0.1) is 0 Å². The molecule has 0 radical (unpaired) electrons. The smallest absolute Gasteiger partial charge is 0.335 e. The van der Waals surface area contributed by atoms with E-state index in [0.717, 1.165) is 12.8 Å². The molecule has 8 heteroatoms. The maximum Gasteiger partial charge on any atom is 0.335 e. The van der Waals surface area contributed by atoms with Crippen LogP contribution in [0.15, 0.2) is 0 Å². The molecule has 0 aromatic rings. The predicted molar refractivity (Wildman–Crippen MR) is 62.1 cm³/mol. The first-order valence-electron chi connectivity index (χ1n) is 5.83. The van der Waals surface area contributed by atoms with Crippen LogP contribution in [0.3, 0.4) is 0 Å². The van der Waals surface area contributed by atoms with Crippen LogP contribution in [-0.4, -0.2) is 36.7 Å². The number of rotatable bonds is 6. The van der Waals surface area contributed by atoms with E-state index in [4.69, 9.17) is 4.74 Å². The molecule has 0 spiro atoms. The summed E-state index contributed by atoms with van der Waals surface area (Å²) in [6, 6.07) is -1.28. The second-order valence-corrected chi connectivity index (χ2v) is 3.93. The molecule has 0 bridgehead atoms. The molecular weight excluding hydrogens is 240 g/mol. The summed E-state index contributed by atoms with van der Waals surface area (Å²) in [6.45, 7) is 3.94. The molecule has 1 saturated heterocycles. The Morgan fingerprint density at radius 2 is 2.22 bits per heavy atom. The summed E-state index contributed by atoms with van der Waals surface area (Å²) in [5, 5.41) is 4.76. The Kier molecular flexibility index (Phi) is 5.53. The van der Waals surface area contributed by atoms with Crippen LogP contribution in [0.25, 0.3) is 0 Å². The summed E-state index contributed by atoms with van der Waals surface area (Å²) in [6.07, 6.45) is 0.876. The van der Waals surface area contributed by atoms with Gasteiger partial charge in [0, 0.05) is 0 Å². The first-order valence-corrected chi connectivity index (χ1v) is 5.83. The number of ether oxygens (including phenoxy) is 1. The number of nitrogens with one attached hydrogen (secondary N) is 4. The van der Waals surface area contributed by atoms with Crippen LogP contribution in [0.5, 0.6) is 0 Å². The molecule has 2 unspecified atom stereocenters. The van der Waals surface area contributed by atoms with Gasteiger partial charge in [-0.1, -0.05) is 13.3 Å². The number of imide groups is 1. The zero-order chi connectivity index (χ0) is 13.5. The van der Waals surface area contributed by atoms with Gasteiger partial charge >= 0.3 is 12.0 Å². The van der Waals surface area contributed by atoms with Gasteiger partial charge in [0.25, 0.3) is 5.91 Å². The van der Waals surface area contributed by atoms with Gasteiger partial charge in [-0.25, -0.2) is 10.2 Å². The molecule has 4 N–H and O–H groups in total. The Hall–Kier alpha value is -1.67. The van der Waals surface area contributed by atoms with Crippen molar-refractivity contribution >= 4 is 17.9 Å². The van der Waals surface area contributed by atoms with Crippen molar-refractivity contribution in [2.75, 3.05) is 6.61 Å². The highest BCUT2D eigenvalue weighted by molar-refractivity contribution is 5.98. The second-order valence-electron chi connectivity index (χ2n) is 3.93. The molecule has 102 valence electrons. The van der Waals surface area contributed by atoms with E-state index < -0.39 is 30.1 Å². The zero-order valence-corrected chi connectivity index (χ0v) is 10.4. The van der Waals surface area contributed by atoms with Crippen LogP contribution < -0.4 is 21.5 Å². The summed E-state index contributed by atoms with van der Waals surface area (Å²) >= 11 is 0. The number of carbonyl (C=O) groups is 3. The lowest BCUT2D eigenvalue weighted by molar-refractivity contribution is -0.146. The first kappa shape index (κ1) is 14.4. The summed E-state index contributed by atoms with van der Waals surface area (Å²) < 4.78 is 4.99. The highest BCUT2D eigenvalue weighted by Crippen LogP contribution is 1.95. The van der Waals surface area contributed by atoms with Crippen LogP contribution in [0.2, 0.25) is 0 Å². The van der Waals surface area contributed by atoms with Gasteiger partial charge < -0.3 is 4.74 Å². The second kappa shape index (κ2) is 6.92. The molecule has 1 aliphatic heterocycles. The highest BCUT2D eigenvalue weighted by Gasteiger charge is 2.28. The Bertz CT molecular complexity index is 334. The molecular formula is C10H18N4O4. The molecule has 3 amide bonds. The van der Waals surface area contributed by atoms with Crippen LogP contribution in [-0.2, 0) is 14.3 Å². The first-order chi connectivity index (χ1) is 8.54. The van der Waals surface area contributed by atoms with Crippen molar-refractivity contribution in [3.8, 4) is 0 Å². The van der Waals surface area contributed by atoms with E-state index in [0.29, 0.717) is 6.61 Å². The van der Waals surface area contributed by atoms with Crippen molar-refractivity contribution in [3.63, 3.8) is 0 Å². The Balaban J connectivity index is 2.34. The third kappa shape index (κ3) is 4.30. The molecule has 1 rings (SSSR count). The number of hydrogen-bond donors (Lipinski definition) is 4. The maximum atomic E-state index is 11.5. The van der Waals surface area contributed by atoms with Crippen molar-refractivity contribution < 1.29 is 19.1 Å². The normalized spacial score (nSPS) is 20.9. The number of carbonyl (C=O) groups excluding carboxylic acids is 3. The van der Waals surface area contributed by atoms with E-state index >= 15 is 0 Å². The van der Waals surface area contributed by atoms with Crippen LogP contribution in [0.4, 0.5) is 4.79 Å². The van der Waals surface area contributed by atoms with Gasteiger partial charge in [-0.05, 0) is 13.3 Å². The fourth-order valence-electron chi connectivity index (χ4n) is 1.30. The molecule has 1 fully saturated rings. The summed E-state index contributed by atoms with van der Waals surface area (Å²) in [5.41, 5.74) is 4.66. The number of unbranched alkanes of at least 4 members (excludes halogenated alkanes) is 1. The Morgan fingerprint density at radius 1 is 1.50 bits per heavy atom. The molecule has 0 aromatic carbocycles. The Labute approximate surface area is 105 Å². The van der Waals surface area contributed by atoms with Crippen molar-refractivity contribution in [2.24, 2.45) is 0 Å². The molecule has 8 nitrogen and oxygen atoms in total. The fourth-order valence-corrected chi connectivity index (χ4v) is 1.30. The van der Waals surface area contributed by atoms with Crippen LogP contribution in [0.1, 0.15) is 26.7 Å². The van der Waals surface area contributed by atoms with E-state index in [1.165, 1.54) is 0 Å². The van der Waals surface area contributed by atoms with Crippen molar-refractivity contribution in [3.05, 3.63) is 0 Å². The number of esters is 1. The average Bonchev–Trinajstić information content (AvgIpc) is 2.32. The van der Waals surface area contributed by atoms with Gasteiger partial charge in [-0.15, -0.1) is 0 Å². The van der Waals surface area contributed by atoms with E-state index in [2.05, 4.69) is 21.5 Å². The molecule has 18 heavy (non-hydrogen) atoms. The van der Waals surface area contributed by atoms with E-state index in [9.17, 15) is 14.4 Å². The minimum atomic E-state index is -0.864. The average molecular weight is 258 g/mol. The molecule has 0 saturated carbocycles. The summed E-state index contributed by atoms with van der Waals surface area (Å²) in [7, 11) is 0. The third-order valence-electron chi connectivity index (χ3n) is 2.34. The zero-order valence-electron chi connectivity index (χ0n) is 10.4. The fraction of sp³-hybridized carbons (Fsp3) is 0.700. The van der Waals surface area contributed by atoms with Crippen LogP contribution >= 0.6 is 0 Å². The van der Waals surface area contributed by atoms with Gasteiger partial charge in [-0.3, -0.25) is 25.6 Å². The largest absolute Gasteiger partial charge is 0.465 e. The molecule has 0 aliphatic carbocycles. The lowest BCUT2D eigenvalue weighted by atomic mass is 10.3. The number of urea groups is 1. The number of hydrazine groups is 1. The lowest BCUT2D eigenvalue weighted by Gasteiger charge is -2.26. The predicted octanol–water partition coefficient (Wildman–Crippen LogP) is -1.02. The standard InChI is InChI=1S/C10H18N4O4/c1-3-4-5-18-9(16)6(2)11-7-8(15)12-10(17)14-13-7/h6-7,11,13H,3-5H2,1-2H3,(H2,12,14,15,17). The minimum Gasteiger partial charge on any atom is -0.465 e.